The van der Waals surface area contributed by atoms with E-state index >= 15 is 0 Å². The van der Waals surface area contributed by atoms with E-state index in [0.29, 0.717) is 13.0 Å². The molecule has 0 saturated heterocycles. The Hall–Kier alpha value is -2.04. The van der Waals surface area contributed by atoms with Gasteiger partial charge in [-0.25, -0.2) is 8.78 Å². The molecule has 0 aromatic heterocycles. The van der Waals surface area contributed by atoms with E-state index in [4.69, 9.17) is 10.00 Å². The van der Waals surface area contributed by atoms with E-state index in [1.165, 1.54) is 0 Å². The van der Waals surface area contributed by atoms with Crippen LogP contribution >= 0.6 is 0 Å². The predicted molar refractivity (Wildman–Crippen MR) is 82.2 cm³/mol. The summed E-state index contributed by atoms with van der Waals surface area (Å²) < 4.78 is 33.2. The van der Waals surface area contributed by atoms with Gasteiger partial charge >= 0.3 is 0 Å². The number of nitrogens with zero attached hydrogens (tertiary/aromatic N) is 1. The first-order valence-corrected chi connectivity index (χ1v) is 7.67. The summed E-state index contributed by atoms with van der Waals surface area (Å²) in [7, 11) is 0. The van der Waals surface area contributed by atoms with Gasteiger partial charge in [-0.3, -0.25) is 4.79 Å². The second-order valence-corrected chi connectivity index (χ2v) is 6.51. The summed E-state index contributed by atoms with van der Waals surface area (Å²) in [5.74, 6) is -3.20. The molecular weight excluding hydrogens is 318 g/mol. The van der Waals surface area contributed by atoms with Crippen molar-refractivity contribution in [1.82, 2.24) is 5.32 Å². The van der Waals surface area contributed by atoms with Crippen LogP contribution in [0.4, 0.5) is 8.78 Å². The van der Waals surface area contributed by atoms with E-state index in [0.717, 1.165) is 12.1 Å². The number of hydrogen-bond donors (Lipinski definition) is 2. The molecule has 0 bridgehead atoms. The second-order valence-electron chi connectivity index (χ2n) is 6.51. The normalized spacial score (nSPS) is 24.8. The van der Waals surface area contributed by atoms with Crippen molar-refractivity contribution in [3.63, 3.8) is 0 Å². The van der Waals surface area contributed by atoms with E-state index in [1.54, 1.807) is 6.07 Å². The Morgan fingerprint density at radius 1 is 1.46 bits per heavy atom. The van der Waals surface area contributed by atoms with Gasteiger partial charge < -0.3 is 15.2 Å². The first kappa shape index (κ1) is 18.3. The van der Waals surface area contributed by atoms with Crippen molar-refractivity contribution in [2.24, 2.45) is 5.41 Å². The molecule has 0 spiro atoms. The highest BCUT2D eigenvalue weighted by Gasteiger charge is 2.60. The van der Waals surface area contributed by atoms with Gasteiger partial charge in [0.25, 0.3) is 5.91 Å². The zero-order valence-corrected chi connectivity index (χ0v) is 13.8. The number of nitrogens with one attached hydrogen (secondary N) is 1. The van der Waals surface area contributed by atoms with Crippen molar-refractivity contribution in [3.8, 4) is 6.07 Å². The zero-order chi connectivity index (χ0) is 18.1. The van der Waals surface area contributed by atoms with Crippen LogP contribution in [0.2, 0.25) is 0 Å². The van der Waals surface area contributed by atoms with Crippen LogP contribution in [0.3, 0.4) is 0 Å². The minimum atomic E-state index is -1.22. The lowest BCUT2D eigenvalue weighted by Gasteiger charge is -2.57. The molecule has 1 fully saturated rings. The summed E-state index contributed by atoms with van der Waals surface area (Å²) in [5.41, 5.74) is -2.80. The monoisotopic (exact) mass is 338 g/mol. The van der Waals surface area contributed by atoms with E-state index in [-0.39, 0.29) is 18.2 Å². The topological polar surface area (TPSA) is 82.3 Å². The molecule has 1 aromatic carbocycles. The molecule has 1 aliphatic carbocycles. The van der Waals surface area contributed by atoms with E-state index in [9.17, 15) is 18.7 Å². The SMILES string of the molecule is CCO[C@@H]1C[C@@](O)(CNC(=O)c2c(F)cc(C#N)cc2F)C1(C)C. The standard InChI is InChI=1S/C17H20F2N2O3/c1-4-24-13-7-17(23,16(13,2)3)9-21-15(22)14-11(18)5-10(8-20)6-12(14)19/h5-6,13,23H,4,7,9H2,1-3H3,(H,21,22)/t13-,17-/m1/s1. The fraction of sp³-hybridized carbons (Fsp3) is 0.529. The molecule has 1 amide bonds. The van der Waals surface area contributed by atoms with Crippen LogP contribution in [0.5, 0.6) is 0 Å². The van der Waals surface area contributed by atoms with Crippen molar-refractivity contribution >= 4 is 5.91 Å². The first-order chi connectivity index (χ1) is 11.2. The van der Waals surface area contributed by atoms with Gasteiger partial charge in [-0.2, -0.15) is 5.26 Å². The zero-order valence-electron chi connectivity index (χ0n) is 13.8. The number of ether oxygens (including phenoxy) is 1. The van der Waals surface area contributed by atoms with Crippen LogP contribution in [0.1, 0.15) is 43.1 Å². The highest BCUT2D eigenvalue weighted by molar-refractivity contribution is 5.95. The predicted octanol–water partition coefficient (Wildman–Crippen LogP) is 2.13. The molecule has 1 aromatic rings. The fourth-order valence-electron chi connectivity index (χ4n) is 2.93. The second kappa shape index (κ2) is 6.46. The Labute approximate surface area is 139 Å². The molecule has 2 N–H and O–H groups in total. The van der Waals surface area contributed by atoms with Crippen molar-refractivity contribution in [1.29, 1.82) is 5.26 Å². The van der Waals surface area contributed by atoms with Crippen LogP contribution in [0.25, 0.3) is 0 Å². The molecule has 24 heavy (non-hydrogen) atoms. The van der Waals surface area contributed by atoms with E-state index < -0.39 is 34.1 Å². The smallest absolute Gasteiger partial charge is 0.257 e. The van der Waals surface area contributed by atoms with Gasteiger partial charge in [0.2, 0.25) is 0 Å². The molecule has 0 aliphatic heterocycles. The quantitative estimate of drug-likeness (QED) is 0.862. The van der Waals surface area contributed by atoms with E-state index in [1.807, 2.05) is 20.8 Å². The van der Waals surface area contributed by atoms with Crippen LogP contribution in [-0.2, 0) is 4.74 Å². The fourth-order valence-corrected chi connectivity index (χ4v) is 2.93. The van der Waals surface area contributed by atoms with Gasteiger partial charge in [0.15, 0.2) is 0 Å². The molecular formula is C17H20F2N2O3. The van der Waals surface area contributed by atoms with Gasteiger partial charge in [-0.05, 0) is 19.1 Å². The lowest BCUT2D eigenvalue weighted by Crippen LogP contribution is -2.68. The van der Waals surface area contributed by atoms with Crippen LogP contribution in [-0.4, -0.2) is 35.9 Å². The number of aliphatic hydroxyl groups is 1. The summed E-state index contributed by atoms with van der Waals surface area (Å²) in [5, 5.41) is 21.7. The Balaban J connectivity index is 2.09. The van der Waals surface area contributed by atoms with Crippen molar-refractivity contribution in [3.05, 3.63) is 34.9 Å². The van der Waals surface area contributed by atoms with Crippen LogP contribution in [0, 0.1) is 28.4 Å². The first-order valence-electron chi connectivity index (χ1n) is 7.67. The molecule has 1 saturated carbocycles. The third kappa shape index (κ3) is 2.99. The van der Waals surface area contributed by atoms with Gasteiger partial charge in [0, 0.05) is 25.0 Å². The number of carbonyl (C=O) groups is 1. The highest BCUT2D eigenvalue weighted by Crippen LogP contribution is 2.50. The maximum Gasteiger partial charge on any atom is 0.257 e. The molecule has 130 valence electrons. The largest absolute Gasteiger partial charge is 0.387 e. The molecule has 5 nitrogen and oxygen atoms in total. The van der Waals surface area contributed by atoms with Crippen molar-refractivity contribution in [2.75, 3.05) is 13.2 Å². The number of nitriles is 1. The molecule has 0 unspecified atom stereocenters. The van der Waals surface area contributed by atoms with Crippen LogP contribution in [0.15, 0.2) is 12.1 Å². The number of hydrogen-bond acceptors (Lipinski definition) is 4. The third-order valence-corrected chi connectivity index (χ3v) is 4.83. The molecule has 2 rings (SSSR count). The number of rotatable bonds is 5. The summed E-state index contributed by atoms with van der Waals surface area (Å²) in [6, 6.07) is 3.20. The van der Waals surface area contributed by atoms with Gasteiger partial charge in [-0.15, -0.1) is 0 Å². The van der Waals surface area contributed by atoms with Gasteiger partial charge in [-0.1, -0.05) is 13.8 Å². The minimum Gasteiger partial charge on any atom is -0.387 e. The lowest BCUT2D eigenvalue weighted by molar-refractivity contribution is -0.237. The number of carbonyl (C=O) groups excluding carboxylic acids is 1. The Morgan fingerprint density at radius 2 is 2.04 bits per heavy atom. The van der Waals surface area contributed by atoms with Crippen LogP contribution < -0.4 is 5.32 Å². The number of benzene rings is 1. The minimum absolute atomic E-state index is 0.146. The maximum atomic E-state index is 13.8. The highest BCUT2D eigenvalue weighted by atomic mass is 19.1. The number of amides is 1. The third-order valence-electron chi connectivity index (χ3n) is 4.83. The van der Waals surface area contributed by atoms with E-state index in [2.05, 4.69) is 5.32 Å². The molecule has 2 atom stereocenters. The average Bonchev–Trinajstić information content (AvgIpc) is 2.51. The molecule has 7 heteroatoms. The lowest BCUT2D eigenvalue weighted by atomic mass is 9.56. The Morgan fingerprint density at radius 3 is 2.50 bits per heavy atom. The summed E-state index contributed by atoms with van der Waals surface area (Å²) in [6.45, 7) is 5.84. The Kier molecular flexibility index (Phi) is 4.92. The van der Waals surface area contributed by atoms with Gasteiger partial charge in [0.1, 0.15) is 17.2 Å². The maximum absolute atomic E-state index is 13.8. The molecule has 0 heterocycles. The van der Waals surface area contributed by atoms with Crippen molar-refractivity contribution in [2.45, 2.75) is 38.9 Å². The molecule has 0 radical (unpaired) electrons. The molecule has 1 aliphatic rings. The summed E-state index contributed by atoms with van der Waals surface area (Å²) >= 11 is 0. The van der Waals surface area contributed by atoms with Gasteiger partial charge in [0.05, 0.1) is 23.3 Å². The summed E-state index contributed by atoms with van der Waals surface area (Å²) in [4.78, 5) is 12.1. The number of halogens is 2. The average molecular weight is 338 g/mol. The Bertz CT molecular complexity index is 677. The summed E-state index contributed by atoms with van der Waals surface area (Å²) in [6.07, 6.45) is 0.180. The van der Waals surface area contributed by atoms with Crippen molar-refractivity contribution < 1.29 is 23.4 Å².